The van der Waals surface area contributed by atoms with Gasteiger partial charge in [-0.05, 0) is 34.9 Å². The van der Waals surface area contributed by atoms with E-state index >= 15 is 0 Å². The molecule has 1 unspecified atom stereocenters. The highest BCUT2D eigenvalue weighted by molar-refractivity contribution is 5.99. The first-order chi connectivity index (χ1) is 11.7. The molecule has 4 rings (SSSR count). The summed E-state index contributed by atoms with van der Waals surface area (Å²) in [6.45, 7) is 0.524. The lowest BCUT2D eigenvalue weighted by Crippen LogP contribution is -2.28. The van der Waals surface area contributed by atoms with Crippen molar-refractivity contribution in [2.45, 2.75) is 12.6 Å². The maximum Gasteiger partial charge on any atom is 0.255 e. The molecule has 0 saturated heterocycles. The van der Waals surface area contributed by atoms with E-state index in [0.717, 1.165) is 22.3 Å². The fourth-order valence-electron chi connectivity index (χ4n) is 3.32. The molecule has 24 heavy (non-hydrogen) atoms. The Balaban J connectivity index is 1.79. The highest BCUT2D eigenvalue weighted by Crippen LogP contribution is 2.39. The highest BCUT2D eigenvalue weighted by Gasteiger charge is 2.37. The fourth-order valence-corrected chi connectivity index (χ4v) is 3.32. The lowest BCUT2D eigenvalue weighted by molar-refractivity contribution is 0.0736. The van der Waals surface area contributed by atoms with Crippen LogP contribution in [0.5, 0.6) is 0 Å². The second-order valence-electron chi connectivity index (χ2n) is 5.96. The second kappa shape index (κ2) is 5.93. The smallest absolute Gasteiger partial charge is 0.255 e. The van der Waals surface area contributed by atoms with Crippen LogP contribution >= 0.6 is 0 Å². The number of carbonyl (C=O) groups is 1. The van der Waals surface area contributed by atoms with E-state index in [1.54, 1.807) is 12.1 Å². The molecule has 118 valence electrons. The van der Waals surface area contributed by atoms with Crippen LogP contribution in [-0.2, 0) is 6.54 Å². The summed E-state index contributed by atoms with van der Waals surface area (Å²) in [5, 5.41) is 0. The van der Waals surface area contributed by atoms with Gasteiger partial charge in [-0.3, -0.25) is 4.79 Å². The van der Waals surface area contributed by atoms with Crippen molar-refractivity contribution in [1.82, 2.24) is 4.90 Å². The van der Waals surface area contributed by atoms with Gasteiger partial charge < -0.3 is 4.90 Å². The molecule has 0 radical (unpaired) electrons. The Bertz CT molecular complexity index is 874. The number of amides is 1. The number of rotatable bonds is 3. The molecule has 3 aromatic carbocycles. The molecule has 0 aromatic heterocycles. The highest BCUT2D eigenvalue weighted by atomic mass is 19.1. The normalized spacial score (nSPS) is 16.3. The van der Waals surface area contributed by atoms with Gasteiger partial charge in [0.15, 0.2) is 0 Å². The molecule has 2 nitrogen and oxygen atoms in total. The Kier molecular flexibility index (Phi) is 3.62. The monoisotopic (exact) mass is 317 g/mol. The first-order valence-corrected chi connectivity index (χ1v) is 7.93. The molecule has 0 aliphatic carbocycles. The molecule has 3 heteroatoms. The first kappa shape index (κ1) is 14.6. The summed E-state index contributed by atoms with van der Waals surface area (Å²) in [5.74, 6) is -0.255. The summed E-state index contributed by atoms with van der Waals surface area (Å²) in [4.78, 5) is 14.8. The standard InChI is InChI=1S/C21H16FNO/c22-17-12-10-16(11-13-17)20-18-8-4-5-9-19(18)21(24)23(20)14-15-6-2-1-3-7-15/h1-13,20H,14H2. The van der Waals surface area contributed by atoms with Gasteiger partial charge in [0.2, 0.25) is 0 Å². The van der Waals surface area contributed by atoms with Crippen molar-refractivity contribution in [2.75, 3.05) is 0 Å². The van der Waals surface area contributed by atoms with Crippen molar-refractivity contribution < 1.29 is 9.18 Å². The predicted octanol–water partition coefficient (Wildman–Crippen LogP) is 4.57. The maximum absolute atomic E-state index is 13.3. The van der Waals surface area contributed by atoms with E-state index in [0.29, 0.717) is 6.54 Å². The topological polar surface area (TPSA) is 20.3 Å². The zero-order valence-corrected chi connectivity index (χ0v) is 13.0. The van der Waals surface area contributed by atoms with Crippen molar-refractivity contribution in [3.8, 4) is 0 Å². The predicted molar refractivity (Wildman–Crippen MR) is 91.0 cm³/mol. The van der Waals surface area contributed by atoms with E-state index in [9.17, 15) is 9.18 Å². The van der Waals surface area contributed by atoms with Crippen molar-refractivity contribution in [1.29, 1.82) is 0 Å². The molecular weight excluding hydrogens is 301 g/mol. The molecule has 0 spiro atoms. The van der Waals surface area contributed by atoms with Crippen LogP contribution in [0, 0.1) is 5.82 Å². The van der Waals surface area contributed by atoms with Gasteiger partial charge >= 0.3 is 0 Å². The van der Waals surface area contributed by atoms with Crippen molar-refractivity contribution in [3.63, 3.8) is 0 Å². The Morgan fingerprint density at radius 3 is 2.25 bits per heavy atom. The Morgan fingerprint density at radius 2 is 1.50 bits per heavy atom. The summed E-state index contributed by atoms with van der Waals surface area (Å²) in [7, 11) is 0. The summed E-state index contributed by atoms with van der Waals surface area (Å²) >= 11 is 0. The zero-order valence-electron chi connectivity index (χ0n) is 13.0. The Morgan fingerprint density at radius 1 is 0.833 bits per heavy atom. The van der Waals surface area contributed by atoms with Gasteiger partial charge in [-0.15, -0.1) is 0 Å². The van der Waals surface area contributed by atoms with Gasteiger partial charge in [0.25, 0.3) is 5.91 Å². The number of carbonyl (C=O) groups excluding carboxylic acids is 1. The summed E-state index contributed by atoms with van der Waals surface area (Å²) in [6, 6.07) is 23.8. The third kappa shape index (κ3) is 2.48. The van der Waals surface area contributed by atoms with Crippen LogP contribution < -0.4 is 0 Å². The van der Waals surface area contributed by atoms with Crippen LogP contribution in [0.4, 0.5) is 4.39 Å². The minimum absolute atomic E-state index is 0.0174. The first-order valence-electron chi connectivity index (χ1n) is 7.93. The third-order valence-corrected chi connectivity index (χ3v) is 4.44. The average Bonchev–Trinajstić information content (AvgIpc) is 2.89. The van der Waals surface area contributed by atoms with Crippen LogP contribution in [-0.4, -0.2) is 10.8 Å². The van der Waals surface area contributed by atoms with Crippen molar-refractivity contribution in [3.05, 3.63) is 107 Å². The molecule has 0 saturated carbocycles. The van der Waals surface area contributed by atoms with E-state index in [4.69, 9.17) is 0 Å². The molecule has 1 amide bonds. The van der Waals surface area contributed by atoms with Gasteiger partial charge in [-0.2, -0.15) is 0 Å². The third-order valence-electron chi connectivity index (χ3n) is 4.44. The number of hydrogen-bond donors (Lipinski definition) is 0. The van der Waals surface area contributed by atoms with Crippen molar-refractivity contribution in [2.24, 2.45) is 0 Å². The Hall–Kier alpha value is -2.94. The molecule has 0 fully saturated rings. The van der Waals surface area contributed by atoms with Crippen LogP contribution in [0.25, 0.3) is 0 Å². The lowest BCUT2D eigenvalue weighted by Gasteiger charge is -2.26. The number of benzene rings is 3. The number of fused-ring (bicyclic) bond motifs is 1. The maximum atomic E-state index is 13.3. The molecule has 1 atom stereocenters. The Labute approximate surface area is 140 Å². The molecular formula is C21H16FNO. The summed E-state index contributed by atoms with van der Waals surface area (Å²) < 4.78 is 13.3. The SMILES string of the molecule is O=C1c2ccccc2C(c2ccc(F)cc2)N1Cc1ccccc1. The van der Waals surface area contributed by atoms with Gasteiger partial charge in [-0.1, -0.05) is 60.7 Å². The molecule has 1 aliphatic rings. The van der Waals surface area contributed by atoms with Gasteiger partial charge in [0.05, 0.1) is 6.04 Å². The second-order valence-corrected chi connectivity index (χ2v) is 5.96. The molecule has 3 aromatic rings. The van der Waals surface area contributed by atoms with E-state index in [2.05, 4.69) is 0 Å². The largest absolute Gasteiger partial charge is 0.323 e. The summed E-state index contributed by atoms with van der Waals surface area (Å²) in [5.41, 5.74) is 3.70. The average molecular weight is 317 g/mol. The van der Waals surface area contributed by atoms with Gasteiger partial charge in [-0.25, -0.2) is 4.39 Å². The van der Waals surface area contributed by atoms with Crippen LogP contribution in [0.1, 0.15) is 33.1 Å². The molecule has 1 heterocycles. The van der Waals surface area contributed by atoms with E-state index in [1.165, 1.54) is 12.1 Å². The minimum atomic E-state index is -0.272. The number of halogens is 1. The number of hydrogen-bond acceptors (Lipinski definition) is 1. The number of nitrogens with zero attached hydrogens (tertiary/aromatic N) is 1. The van der Waals surface area contributed by atoms with Gasteiger partial charge in [0.1, 0.15) is 5.82 Å². The van der Waals surface area contributed by atoms with E-state index in [-0.39, 0.29) is 17.8 Å². The molecule has 1 aliphatic heterocycles. The fraction of sp³-hybridized carbons (Fsp3) is 0.0952. The minimum Gasteiger partial charge on any atom is -0.323 e. The molecule has 0 bridgehead atoms. The van der Waals surface area contributed by atoms with Crippen molar-refractivity contribution >= 4 is 5.91 Å². The van der Waals surface area contributed by atoms with Crippen LogP contribution in [0.3, 0.4) is 0 Å². The van der Waals surface area contributed by atoms with Gasteiger partial charge in [0, 0.05) is 12.1 Å². The summed E-state index contributed by atoms with van der Waals surface area (Å²) in [6.07, 6.45) is 0. The van der Waals surface area contributed by atoms with Crippen LogP contribution in [0.2, 0.25) is 0 Å². The zero-order chi connectivity index (χ0) is 16.5. The quantitative estimate of drug-likeness (QED) is 0.693. The molecule has 0 N–H and O–H groups in total. The van der Waals surface area contributed by atoms with E-state index in [1.807, 2.05) is 59.5 Å². The van der Waals surface area contributed by atoms with E-state index < -0.39 is 0 Å². The van der Waals surface area contributed by atoms with Crippen LogP contribution in [0.15, 0.2) is 78.9 Å². The lowest BCUT2D eigenvalue weighted by atomic mass is 9.98.